The number of rotatable bonds is 3. The SMILES string of the molecule is CNC(c1cccc(Cl)c1C)c1cc(Br)cc2c1OCC2. The number of hydrogen-bond donors (Lipinski definition) is 1. The van der Waals surface area contributed by atoms with Gasteiger partial charge in [0.1, 0.15) is 5.75 Å². The minimum absolute atomic E-state index is 0.0630. The van der Waals surface area contributed by atoms with E-state index in [1.54, 1.807) is 0 Å². The molecule has 1 heterocycles. The Labute approximate surface area is 138 Å². The Morgan fingerprint density at radius 1 is 1.29 bits per heavy atom. The van der Waals surface area contributed by atoms with Crippen LogP contribution in [0.3, 0.4) is 0 Å². The zero-order valence-electron chi connectivity index (χ0n) is 12.0. The summed E-state index contributed by atoms with van der Waals surface area (Å²) in [5.41, 5.74) is 4.70. The Balaban J connectivity index is 2.15. The lowest BCUT2D eigenvalue weighted by atomic mass is 9.93. The van der Waals surface area contributed by atoms with E-state index in [0.29, 0.717) is 0 Å². The molecular formula is C17H17BrClNO. The van der Waals surface area contributed by atoms with Crippen LogP contribution >= 0.6 is 27.5 Å². The van der Waals surface area contributed by atoms with Crippen LogP contribution in [0.1, 0.15) is 28.3 Å². The van der Waals surface area contributed by atoms with Gasteiger partial charge in [-0.2, -0.15) is 0 Å². The van der Waals surface area contributed by atoms with E-state index in [0.717, 1.165) is 39.4 Å². The second kappa shape index (κ2) is 5.99. The molecule has 0 radical (unpaired) electrons. The third-order valence-corrected chi connectivity index (χ3v) is 4.86. The van der Waals surface area contributed by atoms with Gasteiger partial charge in [-0.3, -0.25) is 0 Å². The highest BCUT2D eigenvalue weighted by molar-refractivity contribution is 9.10. The van der Waals surface area contributed by atoms with Crippen molar-refractivity contribution in [2.45, 2.75) is 19.4 Å². The van der Waals surface area contributed by atoms with Gasteiger partial charge in [-0.15, -0.1) is 0 Å². The molecule has 21 heavy (non-hydrogen) atoms. The first-order chi connectivity index (χ1) is 10.1. The molecule has 1 N–H and O–H groups in total. The topological polar surface area (TPSA) is 21.3 Å². The number of hydrogen-bond acceptors (Lipinski definition) is 2. The van der Waals surface area contributed by atoms with Crippen molar-refractivity contribution >= 4 is 27.5 Å². The first-order valence-corrected chi connectivity index (χ1v) is 8.16. The molecule has 3 rings (SSSR count). The van der Waals surface area contributed by atoms with Crippen molar-refractivity contribution in [2.24, 2.45) is 0 Å². The van der Waals surface area contributed by atoms with Gasteiger partial charge in [0.25, 0.3) is 0 Å². The predicted octanol–water partition coefficient (Wildman–Crippen LogP) is 4.65. The number of benzene rings is 2. The average Bonchev–Trinajstić information content (AvgIpc) is 2.92. The minimum atomic E-state index is 0.0630. The van der Waals surface area contributed by atoms with Crippen LogP contribution in [-0.4, -0.2) is 13.7 Å². The van der Waals surface area contributed by atoms with E-state index in [1.165, 1.54) is 11.1 Å². The minimum Gasteiger partial charge on any atom is -0.493 e. The normalized spacial score (nSPS) is 14.7. The van der Waals surface area contributed by atoms with Crippen LogP contribution in [0.15, 0.2) is 34.8 Å². The van der Waals surface area contributed by atoms with E-state index in [2.05, 4.69) is 46.4 Å². The highest BCUT2D eigenvalue weighted by atomic mass is 79.9. The van der Waals surface area contributed by atoms with Gasteiger partial charge in [0.2, 0.25) is 0 Å². The fraction of sp³-hybridized carbons (Fsp3) is 0.294. The smallest absolute Gasteiger partial charge is 0.127 e. The van der Waals surface area contributed by atoms with Crippen molar-refractivity contribution in [3.05, 3.63) is 62.1 Å². The first kappa shape index (κ1) is 14.9. The Bertz CT molecular complexity index is 687. The van der Waals surface area contributed by atoms with Crippen LogP contribution in [0.25, 0.3) is 0 Å². The standard InChI is InChI=1S/C17H17BrClNO/c1-10-13(4-3-5-15(10)19)16(20-2)14-9-12(18)8-11-6-7-21-17(11)14/h3-5,8-9,16,20H,6-7H2,1-2H3. The molecule has 1 aliphatic heterocycles. The molecule has 1 unspecified atom stereocenters. The van der Waals surface area contributed by atoms with Crippen molar-refractivity contribution in [2.75, 3.05) is 13.7 Å². The summed E-state index contributed by atoms with van der Waals surface area (Å²) < 4.78 is 6.95. The maximum absolute atomic E-state index is 6.28. The molecule has 0 aromatic heterocycles. The average molecular weight is 367 g/mol. The summed E-state index contributed by atoms with van der Waals surface area (Å²) >= 11 is 9.89. The van der Waals surface area contributed by atoms with Crippen LogP contribution in [0.4, 0.5) is 0 Å². The van der Waals surface area contributed by atoms with Crippen molar-refractivity contribution in [3.8, 4) is 5.75 Å². The zero-order valence-corrected chi connectivity index (χ0v) is 14.4. The van der Waals surface area contributed by atoms with Gasteiger partial charge in [0.05, 0.1) is 12.6 Å². The zero-order chi connectivity index (χ0) is 15.0. The molecular weight excluding hydrogens is 350 g/mol. The van der Waals surface area contributed by atoms with Crippen LogP contribution < -0.4 is 10.1 Å². The highest BCUT2D eigenvalue weighted by Crippen LogP contribution is 2.39. The fourth-order valence-corrected chi connectivity index (χ4v) is 3.63. The molecule has 110 valence electrons. The molecule has 2 nitrogen and oxygen atoms in total. The van der Waals surface area contributed by atoms with Gasteiger partial charge >= 0.3 is 0 Å². The second-order valence-electron chi connectivity index (χ2n) is 5.26. The Hall–Kier alpha value is -1.03. The molecule has 0 saturated carbocycles. The van der Waals surface area contributed by atoms with E-state index in [1.807, 2.05) is 19.2 Å². The summed E-state index contributed by atoms with van der Waals surface area (Å²) in [5.74, 6) is 1.01. The lowest BCUT2D eigenvalue weighted by molar-refractivity contribution is 0.351. The summed E-state index contributed by atoms with van der Waals surface area (Å²) in [6, 6.07) is 10.4. The molecule has 0 fully saturated rings. The number of nitrogens with one attached hydrogen (secondary N) is 1. The molecule has 1 atom stereocenters. The van der Waals surface area contributed by atoms with E-state index < -0.39 is 0 Å². The van der Waals surface area contributed by atoms with Crippen LogP contribution in [-0.2, 0) is 6.42 Å². The molecule has 0 spiro atoms. The number of fused-ring (bicyclic) bond motifs is 1. The second-order valence-corrected chi connectivity index (χ2v) is 6.58. The summed E-state index contributed by atoms with van der Waals surface area (Å²) in [6.45, 7) is 2.81. The molecule has 0 amide bonds. The molecule has 2 aromatic rings. The van der Waals surface area contributed by atoms with E-state index in [9.17, 15) is 0 Å². The largest absolute Gasteiger partial charge is 0.493 e. The first-order valence-electron chi connectivity index (χ1n) is 6.99. The Morgan fingerprint density at radius 2 is 2.10 bits per heavy atom. The third kappa shape index (κ3) is 2.70. The van der Waals surface area contributed by atoms with Crippen LogP contribution in [0, 0.1) is 6.92 Å². The quantitative estimate of drug-likeness (QED) is 0.853. The molecule has 4 heteroatoms. The molecule has 2 aromatic carbocycles. The lowest BCUT2D eigenvalue weighted by Crippen LogP contribution is -2.19. The van der Waals surface area contributed by atoms with Crippen LogP contribution in [0.2, 0.25) is 5.02 Å². The number of ether oxygens (including phenoxy) is 1. The van der Waals surface area contributed by atoms with Gasteiger partial charge < -0.3 is 10.1 Å². The maximum Gasteiger partial charge on any atom is 0.127 e. The van der Waals surface area contributed by atoms with Crippen molar-refractivity contribution in [3.63, 3.8) is 0 Å². The van der Waals surface area contributed by atoms with Crippen molar-refractivity contribution < 1.29 is 4.74 Å². The van der Waals surface area contributed by atoms with Gasteiger partial charge in [-0.1, -0.05) is 39.7 Å². The van der Waals surface area contributed by atoms with Crippen molar-refractivity contribution in [1.29, 1.82) is 0 Å². The van der Waals surface area contributed by atoms with Crippen LogP contribution in [0.5, 0.6) is 5.75 Å². The van der Waals surface area contributed by atoms with Crippen molar-refractivity contribution in [1.82, 2.24) is 5.32 Å². The predicted molar refractivity (Wildman–Crippen MR) is 90.4 cm³/mol. The Morgan fingerprint density at radius 3 is 2.86 bits per heavy atom. The summed E-state index contributed by atoms with van der Waals surface area (Å²) in [7, 11) is 1.97. The van der Waals surface area contributed by atoms with Gasteiger partial charge in [-0.25, -0.2) is 0 Å². The van der Waals surface area contributed by atoms with E-state index in [-0.39, 0.29) is 6.04 Å². The van der Waals surface area contributed by atoms with Gasteiger partial charge in [0.15, 0.2) is 0 Å². The summed E-state index contributed by atoms with van der Waals surface area (Å²) in [4.78, 5) is 0. The summed E-state index contributed by atoms with van der Waals surface area (Å²) in [6.07, 6.45) is 0.965. The highest BCUT2D eigenvalue weighted by Gasteiger charge is 2.24. The van der Waals surface area contributed by atoms with E-state index >= 15 is 0 Å². The van der Waals surface area contributed by atoms with Gasteiger partial charge in [0, 0.05) is 21.5 Å². The molecule has 0 aliphatic carbocycles. The Kier molecular flexibility index (Phi) is 4.25. The van der Waals surface area contributed by atoms with Gasteiger partial charge in [-0.05, 0) is 48.9 Å². The maximum atomic E-state index is 6.28. The molecule has 0 bridgehead atoms. The molecule has 1 aliphatic rings. The molecule has 0 saturated heterocycles. The summed E-state index contributed by atoms with van der Waals surface area (Å²) in [5, 5.41) is 4.19. The monoisotopic (exact) mass is 365 g/mol. The number of halogens is 2. The lowest BCUT2D eigenvalue weighted by Gasteiger charge is -2.22. The fourth-order valence-electron chi connectivity index (χ4n) is 2.93. The third-order valence-electron chi connectivity index (χ3n) is 4.00. The van der Waals surface area contributed by atoms with E-state index in [4.69, 9.17) is 16.3 Å².